The second kappa shape index (κ2) is 9.43. The lowest BCUT2D eigenvalue weighted by Crippen LogP contribution is -2.51. The molecule has 10 heteroatoms. The quantitative estimate of drug-likeness (QED) is 0.752. The van der Waals surface area contributed by atoms with Gasteiger partial charge in [-0.3, -0.25) is 15.1 Å². The molecular formula is C19H25ClN6O2S. The van der Waals surface area contributed by atoms with E-state index in [1.807, 2.05) is 17.0 Å². The number of anilines is 1. The largest absolute Gasteiger partial charge is 0.339 e. The lowest BCUT2D eigenvalue weighted by Gasteiger charge is -2.35. The van der Waals surface area contributed by atoms with Crippen LogP contribution < -0.4 is 10.1 Å². The zero-order valence-electron chi connectivity index (χ0n) is 16.5. The molecule has 156 valence electrons. The van der Waals surface area contributed by atoms with Crippen LogP contribution in [0.25, 0.3) is 0 Å². The molecule has 2 aromatic rings. The number of thiazole rings is 1. The minimum Gasteiger partial charge on any atom is -0.339 e. The summed E-state index contributed by atoms with van der Waals surface area (Å²) in [7, 11) is 3.51. The van der Waals surface area contributed by atoms with E-state index in [-0.39, 0.29) is 18.5 Å². The molecule has 0 aliphatic carbocycles. The molecule has 1 fully saturated rings. The number of carbonyl (C=O) groups is 2. The van der Waals surface area contributed by atoms with Crippen molar-refractivity contribution >= 4 is 40.6 Å². The number of rotatable bonds is 5. The van der Waals surface area contributed by atoms with E-state index in [9.17, 15) is 9.59 Å². The third-order valence-corrected chi connectivity index (χ3v) is 6.11. The highest BCUT2D eigenvalue weighted by Crippen LogP contribution is 2.14. The van der Waals surface area contributed by atoms with Crippen LogP contribution in [0.15, 0.2) is 29.6 Å². The van der Waals surface area contributed by atoms with Crippen molar-refractivity contribution < 1.29 is 9.59 Å². The SMILES string of the molecule is CN(CC(=O)N1CCN(Cc2csc(=N)n2C)CC1)C(=O)Nc1ccc(Cl)cc1. The zero-order chi connectivity index (χ0) is 21.0. The maximum Gasteiger partial charge on any atom is 0.322 e. The van der Waals surface area contributed by atoms with E-state index in [2.05, 4.69) is 10.2 Å². The van der Waals surface area contributed by atoms with Crippen molar-refractivity contribution in [2.45, 2.75) is 6.54 Å². The van der Waals surface area contributed by atoms with Crippen molar-refractivity contribution in [3.63, 3.8) is 0 Å². The van der Waals surface area contributed by atoms with E-state index in [0.29, 0.717) is 28.6 Å². The number of hydrogen-bond acceptors (Lipinski definition) is 5. The molecule has 0 bridgehead atoms. The van der Waals surface area contributed by atoms with E-state index >= 15 is 0 Å². The van der Waals surface area contributed by atoms with Crippen LogP contribution in [0.2, 0.25) is 5.02 Å². The van der Waals surface area contributed by atoms with Gasteiger partial charge in [-0.05, 0) is 24.3 Å². The van der Waals surface area contributed by atoms with Crippen molar-refractivity contribution in [3.8, 4) is 0 Å². The molecule has 1 aromatic heterocycles. The van der Waals surface area contributed by atoms with Gasteiger partial charge in [-0.2, -0.15) is 0 Å². The third-order valence-electron chi connectivity index (χ3n) is 4.97. The third kappa shape index (κ3) is 5.59. The van der Waals surface area contributed by atoms with Crippen LogP contribution >= 0.6 is 22.9 Å². The molecule has 1 saturated heterocycles. The lowest BCUT2D eigenvalue weighted by molar-refractivity contribution is -0.133. The van der Waals surface area contributed by atoms with Crippen molar-refractivity contribution in [3.05, 3.63) is 45.2 Å². The molecule has 2 N–H and O–H groups in total. The van der Waals surface area contributed by atoms with Crippen LogP contribution in [-0.2, 0) is 18.4 Å². The van der Waals surface area contributed by atoms with E-state index in [1.165, 1.54) is 16.2 Å². The molecule has 3 amide bonds. The molecule has 0 atom stereocenters. The summed E-state index contributed by atoms with van der Waals surface area (Å²) in [4.78, 5) is 30.9. The number of amides is 3. The average Bonchev–Trinajstić information content (AvgIpc) is 3.02. The van der Waals surface area contributed by atoms with Crippen LogP contribution in [0.4, 0.5) is 10.5 Å². The zero-order valence-corrected chi connectivity index (χ0v) is 18.1. The normalized spacial score (nSPS) is 14.7. The summed E-state index contributed by atoms with van der Waals surface area (Å²) in [5.74, 6) is -0.0621. The molecule has 8 nitrogen and oxygen atoms in total. The van der Waals surface area contributed by atoms with Gasteiger partial charge < -0.3 is 19.7 Å². The predicted octanol–water partition coefficient (Wildman–Crippen LogP) is 2.03. The minimum absolute atomic E-state index is 0.0289. The Kier molecular flexibility index (Phi) is 6.94. The number of carbonyl (C=O) groups excluding carboxylic acids is 2. The highest BCUT2D eigenvalue weighted by atomic mass is 35.5. The highest BCUT2D eigenvalue weighted by Gasteiger charge is 2.23. The van der Waals surface area contributed by atoms with Crippen molar-refractivity contribution in [2.24, 2.45) is 7.05 Å². The number of piperazine rings is 1. The number of nitrogens with zero attached hydrogens (tertiary/aromatic N) is 4. The Morgan fingerprint density at radius 1 is 1.21 bits per heavy atom. The standard InChI is InChI=1S/C19H25ClN6O2S/c1-23(19(28)22-15-5-3-14(20)4-6-15)12-17(27)26-9-7-25(8-10-26)11-16-13-29-18(21)24(16)2/h3-6,13,21H,7-12H2,1-2H3,(H,22,28). The van der Waals surface area contributed by atoms with Gasteiger partial charge in [-0.1, -0.05) is 11.6 Å². The molecule has 0 radical (unpaired) electrons. The molecule has 2 heterocycles. The molecule has 0 saturated carbocycles. The highest BCUT2D eigenvalue weighted by molar-refractivity contribution is 7.07. The molecule has 0 unspecified atom stereocenters. The van der Waals surface area contributed by atoms with E-state index in [0.717, 1.165) is 25.3 Å². The predicted molar refractivity (Wildman–Crippen MR) is 114 cm³/mol. The van der Waals surface area contributed by atoms with Crippen LogP contribution in [0.1, 0.15) is 5.69 Å². The van der Waals surface area contributed by atoms with E-state index in [4.69, 9.17) is 17.0 Å². The summed E-state index contributed by atoms with van der Waals surface area (Å²) >= 11 is 7.27. The van der Waals surface area contributed by atoms with Crippen LogP contribution in [0.3, 0.4) is 0 Å². The van der Waals surface area contributed by atoms with Crippen LogP contribution in [0.5, 0.6) is 0 Å². The molecule has 1 aliphatic heterocycles. The summed E-state index contributed by atoms with van der Waals surface area (Å²) in [6.07, 6.45) is 0. The fourth-order valence-electron chi connectivity index (χ4n) is 3.07. The molecule has 0 spiro atoms. The fourth-order valence-corrected chi connectivity index (χ4v) is 3.95. The van der Waals surface area contributed by atoms with Gasteiger partial charge in [-0.25, -0.2) is 4.79 Å². The Morgan fingerprint density at radius 2 is 1.86 bits per heavy atom. The number of nitrogens with one attached hydrogen (secondary N) is 2. The van der Waals surface area contributed by atoms with Gasteiger partial charge in [0.1, 0.15) is 6.54 Å². The first-order valence-electron chi connectivity index (χ1n) is 9.29. The molecule has 3 rings (SSSR count). The maximum absolute atomic E-state index is 12.6. The number of likely N-dealkylation sites (N-methyl/N-ethyl adjacent to an activating group) is 1. The van der Waals surface area contributed by atoms with Gasteiger partial charge in [0, 0.05) is 68.6 Å². The van der Waals surface area contributed by atoms with Crippen LogP contribution in [-0.4, -0.2) is 71.0 Å². The summed E-state index contributed by atoms with van der Waals surface area (Å²) in [6.45, 7) is 3.61. The molecular weight excluding hydrogens is 412 g/mol. The van der Waals surface area contributed by atoms with Crippen molar-refractivity contribution in [1.82, 2.24) is 19.3 Å². The Balaban J connectivity index is 1.45. The topological polar surface area (TPSA) is 84.7 Å². The van der Waals surface area contributed by atoms with Crippen molar-refractivity contribution in [1.29, 1.82) is 5.41 Å². The van der Waals surface area contributed by atoms with E-state index in [1.54, 1.807) is 36.2 Å². The number of aromatic nitrogens is 1. The molecule has 29 heavy (non-hydrogen) atoms. The summed E-state index contributed by atoms with van der Waals surface area (Å²) in [5.41, 5.74) is 1.74. The smallest absolute Gasteiger partial charge is 0.322 e. The number of halogens is 1. The Morgan fingerprint density at radius 3 is 2.45 bits per heavy atom. The second-order valence-corrected chi connectivity index (χ2v) is 8.34. The Labute approximate surface area is 178 Å². The fraction of sp³-hybridized carbons (Fsp3) is 0.421. The number of urea groups is 1. The Bertz CT molecular complexity index is 918. The first kappa shape index (κ1) is 21.4. The van der Waals surface area contributed by atoms with Gasteiger partial charge in [0.2, 0.25) is 5.91 Å². The minimum atomic E-state index is -0.338. The first-order valence-corrected chi connectivity index (χ1v) is 10.5. The average molecular weight is 437 g/mol. The second-order valence-electron chi connectivity index (χ2n) is 7.04. The van der Waals surface area contributed by atoms with Gasteiger partial charge in [0.05, 0.1) is 0 Å². The number of hydrogen-bond donors (Lipinski definition) is 2. The summed E-state index contributed by atoms with van der Waals surface area (Å²) in [6, 6.07) is 6.49. The monoisotopic (exact) mass is 436 g/mol. The van der Waals surface area contributed by atoms with Crippen LogP contribution in [0, 0.1) is 5.41 Å². The van der Waals surface area contributed by atoms with Gasteiger partial charge in [0.15, 0.2) is 4.80 Å². The van der Waals surface area contributed by atoms with Crippen molar-refractivity contribution in [2.75, 3.05) is 45.1 Å². The van der Waals surface area contributed by atoms with E-state index < -0.39 is 0 Å². The Hall–Kier alpha value is -2.36. The summed E-state index contributed by atoms with van der Waals surface area (Å²) < 4.78 is 1.89. The summed E-state index contributed by atoms with van der Waals surface area (Å²) in [5, 5.41) is 13.1. The molecule has 1 aromatic carbocycles. The number of benzene rings is 1. The van der Waals surface area contributed by atoms with Gasteiger partial charge in [-0.15, -0.1) is 11.3 Å². The van der Waals surface area contributed by atoms with Gasteiger partial charge >= 0.3 is 6.03 Å². The lowest BCUT2D eigenvalue weighted by atomic mass is 10.3. The first-order chi connectivity index (χ1) is 13.8. The van der Waals surface area contributed by atoms with Gasteiger partial charge in [0.25, 0.3) is 0 Å². The maximum atomic E-state index is 12.6. The molecule has 1 aliphatic rings.